The van der Waals surface area contributed by atoms with Gasteiger partial charge < -0.3 is 28.8 Å². The second-order valence-electron chi connectivity index (χ2n) is 21.4. The van der Waals surface area contributed by atoms with Crippen LogP contribution in [-0.4, -0.2) is 48.7 Å². The lowest BCUT2D eigenvalue weighted by molar-refractivity contribution is 0.105. The van der Waals surface area contributed by atoms with Gasteiger partial charge in [0, 0.05) is 43.8 Å². The summed E-state index contributed by atoms with van der Waals surface area (Å²) in [4.78, 5) is 0. The Balaban J connectivity index is 0.903. The van der Waals surface area contributed by atoms with E-state index in [-0.39, 0.29) is 23.3 Å². The Morgan fingerprint density at radius 2 is 0.729 bits per heavy atom. The minimum Gasteiger partial charge on any atom is -0.505 e. The van der Waals surface area contributed by atoms with Gasteiger partial charge in [-0.05, 0) is 73.2 Å². The van der Waals surface area contributed by atoms with Crippen molar-refractivity contribution in [2.45, 2.75) is 65.0 Å². The molecule has 1 aliphatic rings. The fourth-order valence-corrected chi connectivity index (χ4v) is 13.3. The van der Waals surface area contributed by atoms with Gasteiger partial charge in [0.1, 0.15) is 23.0 Å². The highest BCUT2D eigenvalue weighted by atomic mass is 28.3. The van der Waals surface area contributed by atoms with E-state index in [2.05, 4.69) is 194 Å². The Morgan fingerprint density at radius 3 is 1.07 bits per heavy atom. The van der Waals surface area contributed by atoms with Gasteiger partial charge in [-0.25, -0.2) is 0 Å². The van der Waals surface area contributed by atoms with Crippen molar-refractivity contribution in [1.29, 1.82) is 0 Å². The third-order valence-electron chi connectivity index (χ3n) is 14.9. The van der Waals surface area contributed by atoms with Crippen LogP contribution in [0.2, 0.25) is 39.3 Å². The van der Waals surface area contributed by atoms with E-state index in [4.69, 9.17) is 9.47 Å². The molecular formula is C62H62N2O4Si2. The zero-order chi connectivity index (χ0) is 48.3. The maximum Gasteiger partial charge on any atom is 0.147 e. The molecular weight excluding hydrogens is 893 g/mol. The molecule has 11 rings (SSSR count). The first-order valence-corrected chi connectivity index (χ1v) is 32.0. The summed E-state index contributed by atoms with van der Waals surface area (Å²) in [5.41, 5.74) is 9.19. The Morgan fingerprint density at radius 1 is 0.414 bits per heavy atom. The van der Waals surface area contributed by atoms with Gasteiger partial charge in [-0.2, -0.15) is 0 Å². The summed E-state index contributed by atoms with van der Waals surface area (Å²) in [5, 5.41) is 32.2. The maximum atomic E-state index is 12.5. The predicted molar refractivity (Wildman–Crippen MR) is 298 cm³/mol. The number of fused-ring (bicyclic) bond motifs is 6. The molecule has 8 heteroatoms. The van der Waals surface area contributed by atoms with E-state index in [0.717, 1.165) is 114 Å². The Bertz CT molecular complexity index is 3250. The molecule has 70 heavy (non-hydrogen) atoms. The van der Waals surface area contributed by atoms with E-state index < -0.39 is 16.1 Å². The van der Waals surface area contributed by atoms with E-state index in [1.807, 2.05) is 24.3 Å². The lowest BCUT2D eigenvalue weighted by Gasteiger charge is -2.32. The van der Waals surface area contributed by atoms with Gasteiger partial charge in [-0.1, -0.05) is 184 Å². The van der Waals surface area contributed by atoms with Crippen molar-refractivity contribution >= 4 is 70.1 Å². The molecule has 1 unspecified atom stereocenters. The minimum atomic E-state index is -1.88. The molecule has 6 nitrogen and oxygen atoms in total. The van der Waals surface area contributed by atoms with Crippen molar-refractivity contribution < 1.29 is 19.7 Å². The molecule has 0 aliphatic heterocycles. The number of hydrogen-bond donors (Lipinski definition) is 2. The predicted octanol–water partition coefficient (Wildman–Crippen LogP) is 15.0. The summed E-state index contributed by atoms with van der Waals surface area (Å²) < 4.78 is 18.3. The number of rotatable bonds is 12. The van der Waals surface area contributed by atoms with Crippen molar-refractivity contribution in [3.05, 3.63) is 170 Å². The third-order valence-corrected chi connectivity index (χ3v) is 18.9. The van der Waals surface area contributed by atoms with Gasteiger partial charge in [-0.15, -0.1) is 0 Å². The zero-order valence-electron chi connectivity index (χ0n) is 41.2. The number of phenols is 2. The number of aromatic nitrogens is 2. The number of nitrogens with zero attached hydrogens (tertiary/aromatic N) is 2. The van der Waals surface area contributed by atoms with Crippen molar-refractivity contribution in [2.75, 3.05) is 13.2 Å². The van der Waals surface area contributed by atoms with E-state index >= 15 is 0 Å². The summed E-state index contributed by atoms with van der Waals surface area (Å²) in [5.74, 6) is 2.58. The first kappa shape index (κ1) is 45.4. The average molecular weight is 955 g/mol. The van der Waals surface area contributed by atoms with Gasteiger partial charge in [0.2, 0.25) is 0 Å². The minimum absolute atomic E-state index is 0.246. The molecule has 2 aromatic heterocycles. The molecule has 0 spiro atoms. The quantitative estimate of drug-likeness (QED) is 0.120. The highest BCUT2D eigenvalue weighted by Gasteiger charge is 2.30. The highest BCUT2D eigenvalue weighted by Crippen LogP contribution is 2.45. The van der Waals surface area contributed by atoms with Crippen molar-refractivity contribution in [2.24, 2.45) is 11.8 Å². The summed E-state index contributed by atoms with van der Waals surface area (Å²) in [6, 6.07) is 59.2. The Hall–Kier alpha value is -7.01. The number of hydrogen-bond acceptors (Lipinski definition) is 4. The average Bonchev–Trinajstić information content (AvgIpc) is 3.88. The van der Waals surface area contributed by atoms with E-state index in [1.165, 1.54) is 10.4 Å². The fourth-order valence-electron chi connectivity index (χ4n) is 11.0. The SMILES string of the molecule is C[Si](C)(C)c1cc(-c2ccccc2OCC2CCCC[C@H]2COc2ccccc2-c2cc([Si](C)(C)C)cc(-n3c4ccccc4c4ccccc43)c2O)c(O)c(-n2c3ccccc3c3ccccc32)c1. The summed E-state index contributed by atoms with van der Waals surface area (Å²) in [6.07, 6.45) is 4.39. The first-order valence-electron chi connectivity index (χ1n) is 25.0. The van der Waals surface area contributed by atoms with Crippen LogP contribution < -0.4 is 19.8 Å². The lowest BCUT2D eigenvalue weighted by atomic mass is 9.80. The number of phenolic OH excluding ortho intramolecular Hbond substituents is 2. The van der Waals surface area contributed by atoms with Crippen LogP contribution in [0.25, 0.3) is 77.2 Å². The molecule has 2 heterocycles. The summed E-state index contributed by atoms with van der Waals surface area (Å²) in [6.45, 7) is 15.3. The molecule has 10 aromatic rings. The number of ether oxygens (including phenoxy) is 2. The van der Waals surface area contributed by atoms with Crippen LogP contribution in [0.5, 0.6) is 23.0 Å². The molecule has 0 saturated heterocycles. The third kappa shape index (κ3) is 8.16. The Labute approximate surface area is 413 Å². The van der Waals surface area contributed by atoms with Gasteiger partial charge in [0.05, 0.1) is 62.8 Å². The number of aromatic hydroxyl groups is 2. The molecule has 8 aromatic carbocycles. The van der Waals surface area contributed by atoms with Crippen LogP contribution in [0, 0.1) is 11.8 Å². The van der Waals surface area contributed by atoms with Crippen molar-refractivity contribution in [3.8, 4) is 56.6 Å². The van der Waals surface area contributed by atoms with Gasteiger partial charge >= 0.3 is 0 Å². The molecule has 1 saturated carbocycles. The fraction of sp³-hybridized carbons (Fsp3) is 0.226. The molecule has 0 amide bonds. The zero-order valence-corrected chi connectivity index (χ0v) is 43.2. The molecule has 0 radical (unpaired) electrons. The molecule has 1 fully saturated rings. The molecule has 0 bridgehead atoms. The summed E-state index contributed by atoms with van der Waals surface area (Å²) >= 11 is 0. The molecule has 2 N–H and O–H groups in total. The van der Waals surface area contributed by atoms with Gasteiger partial charge in [0.15, 0.2) is 0 Å². The van der Waals surface area contributed by atoms with Crippen molar-refractivity contribution in [3.63, 3.8) is 0 Å². The van der Waals surface area contributed by atoms with Crippen LogP contribution in [0.1, 0.15) is 25.7 Å². The normalized spacial score (nSPS) is 15.6. The Kier molecular flexibility index (Phi) is 11.7. The van der Waals surface area contributed by atoms with Crippen LogP contribution in [-0.2, 0) is 0 Å². The van der Waals surface area contributed by atoms with Crippen LogP contribution >= 0.6 is 0 Å². The highest BCUT2D eigenvalue weighted by molar-refractivity contribution is 6.89. The standard InChI is InChI=1S/C62H62N2O4Si2/c1-69(2,3)43-35-51(61(65)57(37-43)63-53-29-15-9-23-45(53)46-24-10-16-30-54(46)63)49-27-13-19-33-59(49)67-39-41-21-7-8-22-42(41)40-68-60-34-20-14-28-50(60)52-36-44(70(4,5)6)38-58(62(52)66)64-55-31-17-11-25-47(55)48-26-12-18-32-56(48)64/h9-20,23-38,41-42,65-66H,7-8,21-22,39-40H2,1-6H3/t41-,42?/m0/s1. The van der Waals surface area contributed by atoms with Crippen LogP contribution in [0.3, 0.4) is 0 Å². The van der Waals surface area contributed by atoms with E-state index in [0.29, 0.717) is 13.2 Å². The van der Waals surface area contributed by atoms with Crippen molar-refractivity contribution in [1.82, 2.24) is 9.13 Å². The number of para-hydroxylation sites is 6. The number of benzene rings is 8. The van der Waals surface area contributed by atoms with E-state index in [1.54, 1.807) is 0 Å². The molecule has 2 atom stereocenters. The van der Waals surface area contributed by atoms with Gasteiger partial charge in [-0.3, -0.25) is 0 Å². The molecule has 1 aliphatic carbocycles. The summed E-state index contributed by atoms with van der Waals surface area (Å²) in [7, 11) is -3.75. The second kappa shape index (κ2) is 18.1. The second-order valence-corrected chi connectivity index (χ2v) is 31.6. The molecule has 352 valence electrons. The topological polar surface area (TPSA) is 68.8 Å². The lowest BCUT2D eigenvalue weighted by Crippen LogP contribution is -2.38. The van der Waals surface area contributed by atoms with Gasteiger partial charge in [0.25, 0.3) is 0 Å². The van der Waals surface area contributed by atoms with Crippen LogP contribution in [0.15, 0.2) is 170 Å². The maximum absolute atomic E-state index is 12.5. The smallest absolute Gasteiger partial charge is 0.147 e. The monoisotopic (exact) mass is 954 g/mol. The largest absolute Gasteiger partial charge is 0.505 e. The first-order chi connectivity index (χ1) is 33.8. The van der Waals surface area contributed by atoms with E-state index in [9.17, 15) is 10.2 Å². The van der Waals surface area contributed by atoms with Crippen LogP contribution in [0.4, 0.5) is 0 Å².